The number of benzene rings is 1. The summed E-state index contributed by atoms with van der Waals surface area (Å²) in [4.78, 5) is 12.3. The van der Waals surface area contributed by atoms with Gasteiger partial charge in [0.1, 0.15) is 11.6 Å². The van der Waals surface area contributed by atoms with E-state index in [1.165, 1.54) is 13.5 Å². The van der Waals surface area contributed by atoms with E-state index >= 15 is 0 Å². The molecule has 1 aromatic carbocycles. The lowest BCUT2D eigenvalue weighted by molar-refractivity contribution is -0.121. The van der Waals surface area contributed by atoms with Crippen LogP contribution >= 0.6 is 0 Å². The van der Waals surface area contributed by atoms with Crippen LogP contribution in [0.25, 0.3) is 0 Å². The molecule has 1 aromatic heterocycles. The molecule has 0 saturated heterocycles. The standard InChI is InChI=1S/C19H27N5O3S/c1-20-28(26,27)16-9-6-15(7-10-16)8-11-19(25)21-13-12-18-23-22-17-5-3-2-4-14-24(17)18/h6-7,9-10,20H,2-5,8,11-14H2,1H3,(H,21,25). The maximum Gasteiger partial charge on any atom is 0.240 e. The minimum atomic E-state index is -3.43. The molecule has 28 heavy (non-hydrogen) atoms. The van der Waals surface area contributed by atoms with E-state index in [0.29, 0.717) is 25.8 Å². The molecule has 0 atom stereocenters. The highest BCUT2D eigenvalue weighted by molar-refractivity contribution is 7.89. The molecular weight excluding hydrogens is 378 g/mol. The van der Waals surface area contributed by atoms with Gasteiger partial charge in [0.05, 0.1) is 4.90 Å². The molecule has 1 amide bonds. The van der Waals surface area contributed by atoms with E-state index in [4.69, 9.17) is 0 Å². The van der Waals surface area contributed by atoms with Crippen molar-refractivity contribution in [1.29, 1.82) is 0 Å². The van der Waals surface area contributed by atoms with Gasteiger partial charge >= 0.3 is 0 Å². The largest absolute Gasteiger partial charge is 0.356 e. The van der Waals surface area contributed by atoms with E-state index in [0.717, 1.165) is 43.0 Å². The van der Waals surface area contributed by atoms with E-state index in [1.54, 1.807) is 24.3 Å². The third-order valence-electron chi connectivity index (χ3n) is 5.00. The van der Waals surface area contributed by atoms with E-state index in [2.05, 4.69) is 24.8 Å². The number of sulfonamides is 1. The number of aryl methyl sites for hydroxylation is 2. The Kier molecular flexibility index (Phi) is 6.79. The van der Waals surface area contributed by atoms with Crippen molar-refractivity contribution in [2.75, 3.05) is 13.6 Å². The van der Waals surface area contributed by atoms with Crippen molar-refractivity contribution in [2.45, 2.75) is 56.4 Å². The summed E-state index contributed by atoms with van der Waals surface area (Å²) in [6.45, 7) is 1.50. The number of rotatable bonds is 8. The monoisotopic (exact) mass is 405 g/mol. The number of fused-ring (bicyclic) bond motifs is 1. The zero-order valence-corrected chi connectivity index (χ0v) is 17.0. The Hall–Kier alpha value is -2.26. The van der Waals surface area contributed by atoms with Gasteiger partial charge in [0.2, 0.25) is 15.9 Å². The lowest BCUT2D eigenvalue weighted by Gasteiger charge is -2.08. The van der Waals surface area contributed by atoms with Gasteiger partial charge in [-0.2, -0.15) is 0 Å². The summed E-state index contributed by atoms with van der Waals surface area (Å²) in [5.74, 6) is 1.98. The van der Waals surface area contributed by atoms with Gasteiger partial charge in [0.15, 0.2) is 0 Å². The summed E-state index contributed by atoms with van der Waals surface area (Å²) in [6, 6.07) is 6.58. The number of nitrogens with one attached hydrogen (secondary N) is 2. The van der Waals surface area contributed by atoms with Crippen molar-refractivity contribution in [1.82, 2.24) is 24.8 Å². The maximum absolute atomic E-state index is 12.1. The zero-order chi connectivity index (χ0) is 20.0. The van der Waals surface area contributed by atoms with Crippen LogP contribution in [0.4, 0.5) is 0 Å². The van der Waals surface area contributed by atoms with Gasteiger partial charge in [0, 0.05) is 32.4 Å². The zero-order valence-electron chi connectivity index (χ0n) is 16.1. The number of amides is 1. The molecule has 0 spiro atoms. The molecule has 0 aliphatic carbocycles. The second kappa shape index (κ2) is 9.29. The summed E-state index contributed by atoms with van der Waals surface area (Å²) in [6.07, 6.45) is 6.11. The van der Waals surface area contributed by atoms with E-state index in [1.807, 2.05) is 0 Å². The normalized spacial score (nSPS) is 14.3. The summed E-state index contributed by atoms with van der Waals surface area (Å²) in [5.41, 5.74) is 0.924. The fourth-order valence-corrected chi connectivity index (χ4v) is 4.07. The minimum Gasteiger partial charge on any atom is -0.356 e. The molecule has 0 unspecified atom stereocenters. The van der Waals surface area contributed by atoms with Crippen LogP contribution in [0.15, 0.2) is 29.2 Å². The number of hydrogen-bond acceptors (Lipinski definition) is 5. The van der Waals surface area contributed by atoms with Crippen LogP contribution in [0, 0.1) is 0 Å². The summed E-state index contributed by atoms with van der Waals surface area (Å²) in [7, 11) is -2.05. The summed E-state index contributed by atoms with van der Waals surface area (Å²) < 4.78 is 27.9. The van der Waals surface area contributed by atoms with Gasteiger partial charge in [-0.1, -0.05) is 18.6 Å². The average molecular weight is 406 g/mol. The first kappa shape index (κ1) is 20.5. The summed E-state index contributed by atoms with van der Waals surface area (Å²) in [5, 5.41) is 11.5. The van der Waals surface area contributed by atoms with Crippen molar-refractivity contribution in [3.05, 3.63) is 41.5 Å². The molecule has 2 aromatic rings. The van der Waals surface area contributed by atoms with Crippen molar-refractivity contribution < 1.29 is 13.2 Å². The molecule has 8 nitrogen and oxygen atoms in total. The second-order valence-corrected chi connectivity index (χ2v) is 8.83. The maximum atomic E-state index is 12.1. The Morgan fingerprint density at radius 2 is 1.89 bits per heavy atom. The van der Waals surface area contributed by atoms with Crippen LogP contribution in [0.5, 0.6) is 0 Å². The lowest BCUT2D eigenvalue weighted by Crippen LogP contribution is -2.26. The molecule has 2 heterocycles. The lowest BCUT2D eigenvalue weighted by atomic mass is 10.1. The van der Waals surface area contributed by atoms with Gasteiger partial charge in [-0.15, -0.1) is 10.2 Å². The Labute approximate surface area is 165 Å². The molecule has 9 heteroatoms. The molecule has 3 rings (SSSR count). The molecule has 2 N–H and O–H groups in total. The van der Waals surface area contributed by atoms with Crippen LogP contribution in [0.1, 0.15) is 42.9 Å². The molecule has 1 aliphatic heterocycles. The van der Waals surface area contributed by atoms with Crippen LogP contribution in [0.2, 0.25) is 0 Å². The van der Waals surface area contributed by atoms with E-state index in [9.17, 15) is 13.2 Å². The third-order valence-corrected chi connectivity index (χ3v) is 6.43. The third kappa shape index (κ3) is 5.17. The fourth-order valence-electron chi connectivity index (χ4n) is 3.34. The van der Waals surface area contributed by atoms with E-state index < -0.39 is 10.0 Å². The van der Waals surface area contributed by atoms with Crippen molar-refractivity contribution in [2.24, 2.45) is 0 Å². The SMILES string of the molecule is CNS(=O)(=O)c1ccc(CCC(=O)NCCc2nnc3n2CCCCC3)cc1. The number of aromatic nitrogens is 3. The highest BCUT2D eigenvalue weighted by Crippen LogP contribution is 2.14. The molecular formula is C19H27N5O3S. The molecule has 0 saturated carbocycles. The number of nitrogens with zero attached hydrogens (tertiary/aromatic N) is 3. The number of carbonyl (C=O) groups excluding carboxylic acids is 1. The van der Waals surface area contributed by atoms with Gasteiger partial charge < -0.3 is 9.88 Å². The smallest absolute Gasteiger partial charge is 0.240 e. The predicted octanol–water partition coefficient (Wildman–Crippen LogP) is 1.20. The van der Waals surface area contributed by atoms with Crippen molar-refractivity contribution >= 4 is 15.9 Å². The Morgan fingerprint density at radius 1 is 1.11 bits per heavy atom. The van der Waals surface area contributed by atoms with Gasteiger partial charge in [-0.25, -0.2) is 13.1 Å². The predicted molar refractivity (Wildman–Crippen MR) is 105 cm³/mol. The first-order valence-electron chi connectivity index (χ1n) is 9.70. The van der Waals surface area contributed by atoms with Crippen LogP contribution in [0.3, 0.4) is 0 Å². The molecule has 0 radical (unpaired) electrons. The van der Waals surface area contributed by atoms with Gasteiger partial charge in [-0.05, 0) is 44.0 Å². The van der Waals surface area contributed by atoms with Crippen molar-refractivity contribution in [3.63, 3.8) is 0 Å². The minimum absolute atomic E-state index is 0.0254. The van der Waals surface area contributed by atoms with Crippen molar-refractivity contribution in [3.8, 4) is 0 Å². The highest BCUT2D eigenvalue weighted by Gasteiger charge is 2.14. The Balaban J connectivity index is 1.43. The summed E-state index contributed by atoms with van der Waals surface area (Å²) >= 11 is 0. The van der Waals surface area contributed by atoms with Gasteiger partial charge in [-0.3, -0.25) is 4.79 Å². The molecule has 0 fully saturated rings. The first-order chi connectivity index (χ1) is 13.5. The Morgan fingerprint density at radius 3 is 2.64 bits per heavy atom. The average Bonchev–Trinajstić information content (AvgIpc) is 2.93. The number of carbonyl (C=O) groups is 1. The topological polar surface area (TPSA) is 106 Å². The van der Waals surface area contributed by atoms with E-state index in [-0.39, 0.29) is 10.8 Å². The van der Waals surface area contributed by atoms with Gasteiger partial charge in [0.25, 0.3) is 0 Å². The highest BCUT2D eigenvalue weighted by atomic mass is 32.2. The van der Waals surface area contributed by atoms with Crippen LogP contribution < -0.4 is 10.0 Å². The van der Waals surface area contributed by atoms with Crippen LogP contribution in [-0.2, 0) is 40.6 Å². The molecule has 1 aliphatic rings. The quantitative estimate of drug-likeness (QED) is 0.687. The second-order valence-electron chi connectivity index (χ2n) is 6.95. The van der Waals surface area contributed by atoms with Crippen LogP contribution in [-0.4, -0.2) is 42.7 Å². The Bertz CT molecular complexity index is 906. The molecule has 152 valence electrons. The number of hydrogen-bond donors (Lipinski definition) is 2. The molecule has 0 bridgehead atoms. The first-order valence-corrected chi connectivity index (χ1v) is 11.2. The fraction of sp³-hybridized carbons (Fsp3) is 0.526.